The zero-order valence-electron chi connectivity index (χ0n) is 20.2. The first kappa shape index (κ1) is 26.5. The van der Waals surface area contributed by atoms with Gasteiger partial charge in [0.1, 0.15) is 0 Å². The van der Waals surface area contributed by atoms with Crippen LogP contribution in [0, 0.1) is 11.8 Å². The van der Waals surface area contributed by atoms with Crippen LogP contribution in [-0.2, 0) is 4.74 Å². The Morgan fingerprint density at radius 3 is 1.53 bits per heavy atom. The molecule has 10 nitrogen and oxygen atoms in total. The predicted octanol–water partition coefficient (Wildman–Crippen LogP) is 4.31. The van der Waals surface area contributed by atoms with E-state index in [0.717, 1.165) is 6.54 Å². The lowest BCUT2D eigenvalue weighted by Gasteiger charge is -2.07. The molecule has 192 valence electrons. The minimum absolute atomic E-state index is 0.203. The number of anilines is 2. The highest BCUT2D eigenvalue weighted by Crippen LogP contribution is 2.28. The number of rotatable bonds is 9. The Hall–Kier alpha value is -4.08. The van der Waals surface area contributed by atoms with Crippen LogP contribution < -0.4 is 21.3 Å². The van der Waals surface area contributed by atoms with Crippen molar-refractivity contribution in [2.45, 2.75) is 32.6 Å². The van der Waals surface area contributed by atoms with E-state index < -0.39 is 5.97 Å². The SMILES string of the molecule is CCOC(=O)c1ccc(NC(=O)NCC2CC2)cc1.O=C(NCC1CC1)Nc1ccc(C(=O)O)cc1. The van der Waals surface area contributed by atoms with Crippen molar-refractivity contribution in [2.24, 2.45) is 11.8 Å². The molecule has 0 heterocycles. The highest BCUT2D eigenvalue weighted by Gasteiger charge is 2.22. The Morgan fingerprint density at radius 2 is 1.17 bits per heavy atom. The topological polar surface area (TPSA) is 146 Å². The largest absolute Gasteiger partial charge is 0.478 e. The molecule has 10 heteroatoms. The number of amides is 4. The van der Waals surface area contributed by atoms with Gasteiger partial charge < -0.3 is 31.1 Å². The number of carboxylic acid groups (broad SMARTS) is 1. The number of hydrogen-bond donors (Lipinski definition) is 5. The molecule has 0 bridgehead atoms. The van der Waals surface area contributed by atoms with Crippen molar-refractivity contribution in [3.63, 3.8) is 0 Å². The fourth-order valence-electron chi connectivity index (χ4n) is 3.07. The van der Waals surface area contributed by atoms with Crippen molar-refractivity contribution >= 4 is 35.4 Å². The zero-order chi connectivity index (χ0) is 25.9. The van der Waals surface area contributed by atoms with Crippen LogP contribution in [0.5, 0.6) is 0 Å². The van der Waals surface area contributed by atoms with Crippen molar-refractivity contribution < 1.29 is 29.0 Å². The molecule has 2 aliphatic rings. The quantitative estimate of drug-likeness (QED) is 0.327. The third kappa shape index (κ3) is 9.65. The molecule has 2 aromatic rings. The molecule has 0 saturated heterocycles. The lowest BCUT2D eigenvalue weighted by molar-refractivity contribution is 0.0525. The molecule has 2 fully saturated rings. The van der Waals surface area contributed by atoms with Crippen LogP contribution >= 0.6 is 0 Å². The average molecular weight is 497 g/mol. The van der Waals surface area contributed by atoms with Gasteiger partial charge in [0.25, 0.3) is 0 Å². The second-order valence-corrected chi connectivity index (χ2v) is 8.74. The standard InChI is InChI=1S/C14H18N2O3.C12H14N2O3/c1-2-19-13(17)11-5-7-12(8-6-11)16-14(18)15-9-10-3-4-10;15-11(16)9-3-5-10(6-4-9)14-12(17)13-7-8-1-2-8/h5-8,10H,2-4,9H2,1H3,(H2,15,16,18);3-6,8H,1-2,7H2,(H,15,16)(H2,13,14,17). The molecular formula is C26H32N4O6. The Kier molecular flexibility index (Phi) is 9.67. The van der Waals surface area contributed by atoms with E-state index in [-0.39, 0.29) is 23.6 Å². The summed E-state index contributed by atoms with van der Waals surface area (Å²) in [5.74, 6) is -0.0472. The Bertz CT molecular complexity index is 1050. The van der Waals surface area contributed by atoms with E-state index >= 15 is 0 Å². The summed E-state index contributed by atoms with van der Waals surface area (Å²) < 4.78 is 4.88. The third-order valence-corrected chi connectivity index (χ3v) is 5.54. The molecule has 2 aliphatic carbocycles. The number of carbonyl (C=O) groups excluding carboxylic acids is 3. The number of urea groups is 2. The number of nitrogens with one attached hydrogen (secondary N) is 4. The summed E-state index contributed by atoms with van der Waals surface area (Å²) in [5.41, 5.74) is 1.92. The van der Waals surface area contributed by atoms with Crippen LogP contribution in [0.3, 0.4) is 0 Å². The van der Waals surface area contributed by atoms with Gasteiger partial charge in [0.15, 0.2) is 0 Å². The molecule has 0 atom stereocenters. The van der Waals surface area contributed by atoms with Gasteiger partial charge in [-0.05, 0) is 93.0 Å². The molecule has 0 radical (unpaired) electrons. The molecule has 5 N–H and O–H groups in total. The Balaban J connectivity index is 0.000000202. The van der Waals surface area contributed by atoms with Crippen LogP contribution in [0.25, 0.3) is 0 Å². The second kappa shape index (κ2) is 13.1. The number of esters is 1. The van der Waals surface area contributed by atoms with E-state index in [9.17, 15) is 19.2 Å². The first-order chi connectivity index (χ1) is 17.3. The maximum atomic E-state index is 11.6. The number of benzene rings is 2. The van der Waals surface area contributed by atoms with Crippen LogP contribution in [-0.4, -0.2) is 48.8 Å². The molecule has 36 heavy (non-hydrogen) atoms. The van der Waals surface area contributed by atoms with Gasteiger partial charge in [-0.25, -0.2) is 19.2 Å². The summed E-state index contributed by atoms with van der Waals surface area (Å²) >= 11 is 0. The van der Waals surface area contributed by atoms with E-state index in [0.29, 0.717) is 41.9 Å². The maximum Gasteiger partial charge on any atom is 0.338 e. The molecule has 4 amide bonds. The minimum Gasteiger partial charge on any atom is -0.478 e. The molecule has 4 rings (SSSR count). The van der Waals surface area contributed by atoms with Gasteiger partial charge in [-0.3, -0.25) is 0 Å². The van der Waals surface area contributed by atoms with Gasteiger partial charge >= 0.3 is 24.0 Å². The molecule has 2 aromatic carbocycles. The maximum absolute atomic E-state index is 11.6. The van der Waals surface area contributed by atoms with Crippen molar-refractivity contribution in [1.82, 2.24) is 10.6 Å². The van der Waals surface area contributed by atoms with Crippen LogP contribution in [0.15, 0.2) is 48.5 Å². The normalized spacial score (nSPS) is 13.9. The number of carbonyl (C=O) groups is 4. The van der Waals surface area contributed by atoms with Crippen molar-refractivity contribution in [2.75, 3.05) is 30.3 Å². The summed E-state index contributed by atoms with van der Waals surface area (Å²) in [6.45, 7) is 3.55. The molecule has 0 aliphatic heterocycles. The molecule has 2 saturated carbocycles. The van der Waals surface area contributed by atoms with E-state index in [4.69, 9.17) is 9.84 Å². The molecule has 0 aromatic heterocycles. The van der Waals surface area contributed by atoms with Crippen molar-refractivity contribution in [1.29, 1.82) is 0 Å². The molecule has 0 unspecified atom stereocenters. The second-order valence-electron chi connectivity index (χ2n) is 8.74. The molecular weight excluding hydrogens is 464 g/mol. The van der Waals surface area contributed by atoms with Crippen LogP contribution in [0.1, 0.15) is 53.3 Å². The monoisotopic (exact) mass is 496 g/mol. The average Bonchev–Trinajstić information content (AvgIpc) is 3.78. The van der Waals surface area contributed by atoms with Gasteiger partial charge in [-0.2, -0.15) is 0 Å². The predicted molar refractivity (Wildman–Crippen MR) is 135 cm³/mol. The fraction of sp³-hybridized carbons (Fsp3) is 0.385. The smallest absolute Gasteiger partial charge is 0.338 e. The Morgan fingerprint density at radius 1 is 0.750 bits per heavy atom. The van der Waals surface area contributed by atoms with Crippen LogP contribution in [0.2, 0.25) is 0 Å². The van der Waals surface area contributed by atoms with Crippen LogP contribution in [0.4, 0.5) is 21.0 Å². The van der Waals surface area contributed by atoms with E-state index in [1.54, 1.807) is 43.3 Å². The van der Waals surface area contributed by atoms with Crippen molar-refractivity contribution in [3.8, 4) is 0 Å². The first-order valence-corrected chi connectivity index (χ1v) is 12.0. The van der Waals surface area contributed by atoms with E-state index in [2.05, 4.69) is 21.3 Å². The lowest BCUT2D eigenvalue weighted by Crippen LogP contribution is -2.30. The number of aromatic carboxylic acids is 1. The minimum atomic E-state index is -0.977. The first-order valence-electron chi connectivity index (χ1n) is 12.0. The van der Waals surface area contributed by atoms with Gasteiger partial charge in [0, 0.05) is 24.5 Å². The summed E-state index contributed by atoms with van der Waals surface area (Å²) in [6, 6.07) is 12.2. The zero-order valence-corrected chi connectivity index (χ0v) is 20.2. The number of hydrogen-bond acceptors (Lipinski definition) is 5. The number of carboxylic acids is 1. The fourth-order valence-corrected chi connectivity index (χ4v) is 3.07. The van der Waals surface area contributed by atoms with Gasteiger partial charge in [-0.15, -0.1) is 0 Å². The molecule has 0 spiro atoms. The number of ether oxygens (including phenoxy) is 1. The summed E-state index contributed by atoms with van der Waals surface area (Å²) in [7, 11) is 0. The van der Waals surface area contributed by atoms with Gasteiger partial charge in [0.2, 0.25) is 0 Å². The van der Waals surface area contributed by atoms with E-state index in [1.807, 2.05) is 0 Å². The highest BCUT2D eigenvalue weighted by molar-refractivity contribution is 5.93. The Labute approximate surface area is 209 Å². The van der Waals surface area contributed by atoms with Gasteiger partial charge in [-0.1, -0.05) is 0 Å². The summed E-state index contributed by atoms with van der Waals surface area (Å²) in [6.07, 6.45) is 4.78. The third-order valence-electron chi connectivity index (χ3n) is 5.54. The highest BCUT2D eigenvalue weighted by atomic mass is 16.5. The van der Waals surface area contributed by atoms with Gasteiger partial charge in [0.05, 0.1) is 17.7 Å². The lowest BCUT2D eigenvalue weighted by atomic mass is 10.2. The summed E-state index contributed by atoms with van der Waals surface area (Å²) in [5, 5.41) is 19.7. The summed E-state index contributed by atoms with van der Waals surface area (Å²) in [4.78, 5) is 45.0. The van der Waals surface area contributed by atoms with E-state index in [1.165, 1.54) is 37.8 Å². The van der Waals surface area contributed by atoms with Crippen molar-refractivity contribution in [3.05, 3.63) is 59.7 Å².